The molecule has 0 aliphatic heterocycles. The third-order valence-corrected chi connectivity index (χ3v) is 2.06. The summed E-state index contributed by atoms with van der Waals surface area (Å²) in [6.45, 7) is 4.11. The minimum Gasteiger partial charge on any atom is -0.254 e. The average molecular weight is 181 g/mol. The summed E-state index contributed by atoms with van der Waals surface area (Å²) < 4.78 is 0. The number of thioether (sulfide) groups is 1. The molecular weight excluding hydrogens is 170 g/mol. The fourth-order valence-corrected chi connectivity index (χ4v) is 1.18. The molecule has 3 nitrogen and oxygen atoms in total. The van der Waals surface area contributed by atoms with Crippen molar-refractivity contribution in [2.24, 2.45) is 0 Å². The van der Waals surface area contributed by atoms with E-state index in [0.717, 1.165) is 11.0 Å². The standard InChI is InChI=1S/C8H11N3S/c1-4-5-12-8-9-7(6(2)3)10-11-8/h1,6H,5H2,2-3H3,(H,9,10,11). The Hall–Kier alpha value is -0.950. The van der Waals surface area contributed by atoms with Crippen LogP contribution in [-0.2, 0) is 0 Å². The van der Waals surface area contributed by atoms with Gasteiger partial charge in [0.25, 0.3) is 0 Å². The summed E-state index contributed by atoms with van der Waals surface area (Å²) in [4.78, 5) is 4.25. The van der Waals surface area contributed by atoms with E-state index in [2.05, 4.69) is 34.9 Å². The van der Waals surface area contributed by atoms with Gasteiger partial charge in [-0.05, 0) is 0 Å². The molecule has 0 saturated heterocycles. The van der Waals surface area contributed by atoms with Gasteiger partial charge in [-0.2, -0.15) is 5.10 Å². The first-order valence-electron chi connectivity index (χ1n) is 3.72. The summed E-state index contributed by atoms with van der Waals surface area (Å²) in [6.07, 6.45) is 5.11. The largest absolute Gasteiger partial charge is 0.254 e. The van der Waals surface area contributed by atoms with Crippen molar-refractivity contribution < 1.29 is 0 Å². The quantitative estimate of drug-likeness (QED) is 0.569. The van der Waals surface area contributed by atoms with Gasteiger partial charge in [0, 0.05) is 5.92 Å². The predicted molar refractivity (Wildman–Crippen MR) is 50.0 cm³/mol. The zero-order valence-corrected chi connectivity index (χ0v) is 7.98. The Balaban J connectivity index is 2.59. The molecule has 1 N–H and O–H groups in total. The minimum absolute atomic E-state index is 0.362. The lowest BCUT2D eigenvalue weighted by molar-refractivity contribution is 0.780. The van der Waals surface area contributed by atoms with Crippen molar-refractivity contribution in [2.75, 3.05) is 5.75 Å². The zero-order valence-electron chi connectivity index (χ0n) is 7.16. The maximum atomic E-state index is 5.11. The minimum atomic E-state index is 0.362. The number of hydrogen-bond acceptors (Lipinski definition) is 3. The molecule has 1 aromatic heterocycles. The van der Waals surface area contributed by atoms with E-state index in [-0.39, 0.29) is 0 Å². The molecule has 0 spiro atoms. The number of nitrogens with zero attached hydrogens (tertiary/aromatic N) is 2. The van der Waals surface area contributed by atoms with Gasteiger partial charge in [0.15, 0.2) is 11.0 Å². The van der Waals surface area contributed by atoms with Gasteiger partial charge < -0.3 is 0 Å². The smallest absolute Gasteiger partial charge is 0.184 e. The van der Waals surface area contributed by atoms with E-state index in [1.165, 1.54) is 11.8 Å². The van der Waals surface area contributed by atoms with Crippen LogP contribution in [0.2, 0.25) is 0 Å². The van der Waals surface area contributed by atoms with E-state index in [1.807, 2.05) is 0 Å². The highest BCUT2D eigenvalue weighted by Crippen LogP contribution is 2.14. The van der Waals surface area contributed by atoms with Crippen LogP contribution in [0.15, 0.2) is 5.16 Å². The van der Waals surface area contributed by atoms with E-state index in [1.54, 1.807) is 0 Å². The Morgan fingerprint density at radius 3 is 2.92 bits per heavy atom. The van der Waals surface area contributed by atoms with Gasteiger partial charge in [-0.3, -0.25) is 5.10 Å². The molecule has 0 amide bonds. The van der Waals surface area contributed by atoms with Crippen molar-refractivity contribution in [3.05, 3.63) is 5.82 Å². The summed E-state index contributed by atoms with van der Waals surface area (Å²) >= 11 is 1.49. The van der Waals surface area contributed by atoms with Gasteiger partial charge in [0.2, 0.25) is 0 Å². The molecule has 12 heavy (non-hydrogen) atoms. The van der Waals surface area contributed by atoms with Gasteiger partial charge in [0.05, 0.1) is 5.75 Å². The number of aromatic nitrogens is 3. The fourth-order valence-electron chi connectivity index (χ4n) is 0.692. The van der Waals surface area contributed by atoms with E-state index < -0.39 is 0 Å². The van der Waals surface area contributed by atoms with Crippen LogP contribution in [0.5, 0.6) is 0 Å². The first kappa shape index (κ1) is 9.14. The first-order valence-corrected chi connectivity index (χ1v) is 4.71. The highest BCUT2D eigenvalue weighted by Gasteiger charge is 2.05. The summed E-state index contributed by atoms with van der Waals surface area (Å²) in [5.41, 5.74) is 0. The molecule has 0 radical (unpaired) electrons. The van der Waals surface area contributed by atoms with E-state index >= 15 is 0 Å². The molecule has 64 valence electrons. The molecular formula is C8H11N3S. The maximum Gasteiger partial charge on any atom is 0.184 e. The molecule has 0 unspecified atom stereocenters. The van der Waals surface area contributed by atoms with Crippen molar-refractivity contribution in [3.8, 4) is 12.3 Å². The lowest BCUT2D eigenvalue weighted by Crippen LogP contribution is -1.89. The van der Waals surface area contributed by atoms with Crippen LogP contribution in [-0.4, -0.2) is 20.9 Å². The van der Waals surface area contributed by atoms with Crippen LogP contribution in [0.3, 0.4) is 0 Å². The summed E-state index contributed by atoms with van der Waals surface area (Å²) in [7, 11) is 0. The summed E-state index contributed by atoms with van der Waals surface area (Å²) in [5.74, 6) is 4.37. The van der Waals surface area contributed by atoms with E-state index in [9.17, 15) is 0 Å². The normalized spacial score (nSPS) is 10.2. The molecule has 0 fully saturated rings. The van der Waals surface area contributed by atoms with Crippen LogP contribution in [0.4, 0.5) is 0 Å². The number of aromatic amines is 1. The second-order valence-electron chi connectivity index (χ2n) is 2.65. The lowest BCUT2D eigenvalue weighted by atomic mass is 10.2. The topological polar surface area (TPSA) is 41.6 Å². The van der Waals surface area contributed by atoms with Gasteiger partial charge in [0.1, 0.15) is 0 Å². The molecule has 1 heterocycles. The second-order valence-corrected chi connectivity index (χ2v) is 3.61. The highest BCUT2D eigenvalue weighted by atomic mass is 32.2. The third-order valence-electron chi connectivity index (χ3n) is 1.29. The van der Waals surface area contributed by atoms with Crippen molar-refractivity contribution in [1.82, 2.24) is 15.2 Å². The first-order chi connectivity index (χ1) is 5.74. The zero-order chi connectivity index (χ0) is 8.97. The molecule has 4 heteroatoms. The third kappa shape index (κ3) is 2.28. The predicted octanol–water partition coefficient (Wildman–Crippen LogP) is 1.65. The molecule has 0 bridgehead atoms. The van der Waals surface area contributed by atoms with Crippen LogP contribution in [0.1, 0.15) is 25.6 Å². The Bertz CT molecular complexity index is 285. The molecule has 0 saturated carbocycles. The number of rotatable bonds is 3. The molecule has 0 aliphatic carbocycles. The molecule has 1 aromatic rings. The number of H-pyrrole nitrogens is 1. The SMILES string of the molecule is C#CCSc1nc(C(C)C)n[nH]1. The Morgan fingerprint density at radius 1 is 1.67 bits per heavy atom. The van der Waals surface area contributed by atoms with Crippen LogP contribution >= 0.6 is 11.8 Å². The van der Waals surface area contributed by atoms with Gasteiger partial charge >= 0.3 is 0 Å². The van der Waals surface area contributed by atoms with Gasteiger partial charge in [-0.15, -0.1) is 6.42 Å². The van der Waals surface area contributed by atoms with Gasteiger partial charge in [-0.25, -0.2) is 4.98 Å². The lowest BCUT2D eigenvalue weighted by Gasteiger charge is -1.93. The number of terminal acetylenes is 1. The number of nitrogens with one attached hydrogen (secondary N) is 1. The van der Waals surface area contributed by atoms with Crippen molar-refractivity contribution in [3.63, 3.8) is 0 Å². The van der Waals surface area contributed by atoms with Gasteiger partial charge in [-0.1, -0.05) is 31.5 Å². The van der Waals surface area contributed by atoms with Crippen molar-refractivity contribution in [2.45, 2.75) is 24.9 Å². The molecule has 0 atom stereocenters. The fraction of sp³-hybridized carbons (Fsp3) is 0.500. The average Bonchev–Trinajstić information content (AvgIpc) is 2.48. The second kappa shape index (κ2) is 4.17. The van der Waals surface area contributed by atoms with Crippen molar-refractivity contribution >= 4 is 11.8 Å². The Kier molecular flexibility index (Phi) is 3.18. The highest BCUT2D eigenvalue weighted by molar-refractivity contribution is 7.99. The van der Waals surface area contributed by atoms with Crippen LogP contribution in [0.25, 0.3) is 0 Å². The molecule has 1 rings (SSSR count). The molecule has 0 aromatic carbocycles. The van der Waals surface area contributed by atoms with E-state index in [4.69, 9.17) is 6.42 Å². The Labute approximate surface area is 76.4 Å². The summed E-state index contributed by atoms with van der Waals surface area (Å²) in [6, 6.07) is 0. The molecule has 0 aliphatic rings. The number of hydrogen-bond donors (Lipinski definition) is 1. The maximum absolute atomic E-state index is 5.11. The van der Waals surface area contributed by atoms with Crippen LogP contribution in [0, 0.1) is 12.3 Å². The van der Waals surface area contributed by atoms with Crippen molar-refractivity contribution in [1.29, 1.82) is 0 Å². The Morgan fingerprint density at radius 2 is 2.42 bits per heavy atom. The van der Waals surface area contributed by atoms with Crippen LogP contribution < -0.4 is 0 Å². The summed E-state index contributed by atoms with van der Waals surface area (Å²) in [5, 5.41) is 7.67. The van der Waals surface area contributed by atoms with E-state index in [0.29, 0.717) is 11.7 Å². The monoisotopic (exact) mass is 181 g/mol.